The Morgan fingerprint density at radius 3 is 2.90 bits per heavy atom. The van der Waals surface area contributed by atoms with E-state index >= 15 is 0 Å². The van der Waals surface area contributed by atoms with Gasteiger partial charge in [0.05, 0.1) is 0 Å². The Morgan fingerprint density at radius 2 is 2.29 bits per heavy atom. The summed E-state index contributed by atoms with van der Waals surface area (Å²) in [4.78, 5) is 12.5. The molecule has 0 aliphatic carbocycles. The van der Waals surface area contributed by atoms with Gasteiger partial charge in [0.1, 0.15) is 0 Å². The smallest absolute Gasteiger partial charge is 0.344 e. The largest absolute Gasteiger partial charge is 0.409 e. The Hall–Kier alpha value is -1.74. The maximum absolute atomic E-state index is 11.7. The van der Waals surface area contributed by atoms with Gasteiger partial charge in [-0.3, -0.25) is 4.57 Å². The SMILES string of the molecule is CC(C)n1c(Sc2cccc(Br)c2/C(N)=N/O)n[nH]c1=O. The minimum absolute atomic E-state index is 0.0149. The van der Waals surface area contributed by atoms with Crippen LogP contribution >= 0.6 is 27.7 Å². The van der Waals surface area contributed by atoms with E-state index in [1.807, 2.05) is 26.0 Å². The van der Waals surface area contributed by atoms with Crippen molar-refractivity contribution in [3.05, 3.63) is 38.7 Å². The highest BCUT2D eigenvalue weighted by Gasteiger charge is 2.17. The van der Waals surface area contributed by atoms with Crippen LogP contribution in [0.5, 0.6) is 0 Å². The molecule has 4 N–H and O–H groups in total. The molecule has 0 bridgehead atoms. The molecule has 112 valence electrons. The zero-order valence-corrected chi connectivity index (χ0v) is 13.8. The molecule has 0 aliphatic heterocycles. The predicted octanol–water partition coefficient (Wildman–Crippen LogP) is 2.16. The fourth-order valence-electron chi connectivity index (χ4n) is 1.80. The molecule has 2 rings (SSSR count). The van der Waals surface area contributed by atoms with Crippen LogP contribution < -0.4 is 11.4 Å². The fourth-order valence-corrected chi connectivity index (χ4v) is 3.65. The summed E-state index contributed by atoms with van der Waals surface area (Å²) in [5.74, 6) is -0.0149. The number of hydrogen-bond donors (Lipinski definition) is 3. The van der Waals surface area contributed by atoms with Crippen LogP contribution in [0.15, 0.2) is 42.7 Å². The van der Waals surface area contributed by atoms with Crippen molar-refractivity contribution in [2.75, 3.05) is 0 Å². The van der Waals surface area contributed by atoms with Crippen LogP contribution in [0.4, 0.5) is 0 Å². The Bertz CT molecular complexity index is 737. The number of aromatic amines is 1. The average Bonchev–Trinajstić information content (AvgIpc) is 2.79. The summed E-state index contributed by atoms with van der Waals surface area (Å²) in [5.41, 5.74) is 5.99. The van der Waals surface area contributed by atoms with Crippen LogP contribution in [0, 0.1) is 0 Å². The first-order valence-electron chi connectivity index (χ1n) is 6.06. The van der Waals surface area contributed by atoms with Crippen molar-refractivity contribution < 1.29 is 5.21 Å². The quantitative estimate of drug-likeness (QED) is 0.330. The Labute approximate surface area is 133 Å². The van der Waals surface area contributed by atoms with Crippen molar-refractivity contribution >= 4 is 33.5 Å². The number of aromatic nitrogens is 3. The van der Waals surface area contributed by atoms with Gasteiger partial charge in [-0.15, -0.1) is 5.10 Å². The van der Waals surface area contributed by atoms with E-state index in [1.54, 1.807) is 10.6 Å². The molecule has 0 aliphatic rings. The lowest BCUT2D eigenvalue weighted by atomic mass is 10.2. The molecule has 0 saturated carbocycles. The minimum Gasteiger partial charge on any atom is -0.409 e. The molecule has 1 aromatic heterocycles. The lowest BCUT2D eigenvalue weighted by Gasteiger charge is -2.11. The molecule has 0 unspecified atom stereocenters. The number of nitrogens with zero attached hydrogens (tertiary/aromatic N) is 3. The summed E-state index contributed by atoms with van der Waals surface area (Å²) >= 11 is 4.64. The summed E-state index contributed by atoms with van der Waals surface area (Å²) in [6.07, 6.45) is 0. The lowest BCUT2D eigenvalue weighted by molar-refractivity contribution is 0.318. The number of benzene rings is 1. The number of amidine groups is 1. The van der Waals surface area contributed by atoms with E-state index in [0.717, 1.165) is 4.90 Å². The van der Waals surface area contributed by atoms with Crippen LogP contribution in [0.25, 0.3) is 0 Å². The van der Waals surface area contributed by atoms with Gasteiger partial charge in [0.25, 0.3) is 0 Å². The number of hydrogen-bond acceptors (Lipinski definition) is 5. The highest BCUT2D eigenvalue weighted by molar-refractivity contribution is 9.10. The van der Waals surface area contributed by atoms with E-state index in [1.165, 1.54) is 11.8 Å². The van der Waals surface area contributed by atoms with Gasteiger partial charge in [0.2, 0.25) is 0 Å². The summed E-state index contributed by atoms with van der Waals surface area (Å²) in [5, 5.41) is 18.9. The van der Waals surface area contributed by atoms with E-state index < -0.39 is 0 Å². The standard InChI is InChI=1S/C12H14BrN5O2S/c1-6(2)18-11(19)15-16-12(18)21-8-5-3-4-7(13)9(8)10(14)17-20/h3-6,20H,1-2H3,(H2,14,17)(H,15,19). The van der Waals surface area contributed by atoms with Gasteiger partial charge in [0.15, 0.2) is 11.0 Å². The minimum atomic E-state index is -0.271. The van der Waals surface area contributed by atoms with E-state index in [-0.39, 0.29) is 17.6 Å². The Morgan fingerprint density at radius 1 is 1.57 bits per heavy atom. The molecule has 9 heteroatoms. The molecule has 2 aromatic rings. The fraction of sp³-hybridized carbons (Fsp3) is 0.250. The van der Waals surface area contributed by atoms with Crippen LogP contribution in [-0.2, 0) is 0 Å². The van der Waals surface area contributed by atoms with Gasteiger partial charge in [-0.25, -0.2) is 9.89 Å². The zero-order chi connectivity index (χ0) is 15.6. The summed E-state index contributed by atoms with van der Waals surface area (Å²) in [6.45, 7) is 3.79. The molecule has 0 amide bonds. The Balaban J connectivity index is 2.51. The zero-order valence-electron chi connectivity index (χ0n) is 11.4. The van der Waals surface area contributed by atoms with Crippen molar-refractivity contribution in [1.82, 2.24) is 14.8 Å². The lowest BCUT2D eigenvalue weighted by Crippen LogP contribution is -2.19. The molecule has 1 aromatic carbocycles. The molecule has 0 radical (unpaired) electrons. The van der Waals surface area contributed by atoms with Crippen molar-refractivity contribution in [2.24, 2.45) is 10.9 Å². The molecule has 0 saturated heterocycles. The van der Waals surface area contributed by atoms with Crippen molar-refractivity contribution in [2.45, 2.75) is 29.9 Å². The highest BCUT2D eigenvalue weighted by atomic mass is 79.9. The van der Waals surface area contributed by atoms with Gasteiger partial charge in [-0.05, 0) is 53.7 Å². The van der Waals surface area contributed by atoms with Crippen molar-refractivity contribution in [3.8, 4) is 0 Å². The number of halogens is 1. The normalized spacial score (nSPS) is 12.1. The third-order valence-corrected chi connectivity index (χ3v) is 4.42. The van der Waals surface area contributed by atoms with Gasteiger partial charge < -0.3 is 10.9 Å². The highest BCUT2D eigenvalue weighted by Crippen LogP contribution is 2.33. The van der Waals surface area contributed by atoms with Gasteiger partial charge in [-0.1, -0.05) is 11.2 Å². The molecule has 0 spiro atoms. The second kappa shape index (κ2) is 6.35. The van der Waals surface area contributed by atoms with Crippen molar-refractivity contribution in [1.29, 1.82) is 0 Å². The van der Waals surface area contributed by atoms with E-state index in [4.69, 9.17) is 10.9 Å². The van der Waals surface area contributed by atoms with Crippen molar-refractivity contribution in [3.63, 3.8) is 0 Å². The van der Waals surface area contributed by atoms with Gasteiger partial charge >= 0.3 is 5.69 Å². The number of nitrogens with one attached hydrogen (secondary N) is 1. The van der Waals surface area contributed by atoms with E-state index in [2.05, 4.69) is 31.3 Å². The topological polar surface area (TPSA) is 109 Å². The molecular weight excluding hydrogens is 358 g/mol. The van der Waals surface area contributed by atoms with E-state index in [9.17, 15) is 4.79 Å². The van der Waals surface area contributed by atoms with Crippen LogP contribution in [-0.4, -0.2) is 25.8 Å². The number of oxime groups is 1. The third-order valence-electron chi connectivity index (χ3n) is 2.73. The van der Waals surface area contributed by atoms with Gasteiger partial charge in [0, 0.05) is 21.0 Å². The molecule has 1 heterocycles. The first-order valence-corrected chi connectivity index (χ1v) is 7.67. The van der Waals surface area contributed by atoms with Crippen LogP contribution in [0.1, 0.15) is 25.5 Å². The molecule has 0 fully saturated rings. The molecular formula is C12H14BrN5O2S. The molecule has 21 heavy (non-hydrogen) atoms. The number of H-pyrrole nitrogens is 1. The number of nitrogens with two attached hydrogens (primary N) is 1. The molecule has 0 atom stereocenters. The maximum atomic E-state index is 11.7. The summed E-state index contributed by atoms with van der Waals surface area (Å²) in [6, 6.07) is 5.40. The van der Waals surface area contributed by atoms with Crippen LogP contribution in [0.3, 0.4) is 0 Å². The second-order valence-electron chi connectivity index (χ2n) is 4.48. The molecule has 7 nitrogen and oxygen atoms in total. The van der Waals surface area contributed by atoms with Gasteiger partial charge in [-0.2, -0.15) is 0 Å². The van der Waals surface area contributed by atoms with E-state index in [0.29, 0.717) is 15.2 Å². The van der Waals surface area contributed by atoms with Crippen LogP contribution in [0.2, 0.25) is 0 Å². The maximum Gasteiger partial charge on any atom is 0.344 e. The first kappa shape index (κ1) is 15.6. The predicted molar refractivity (Wildman–Crippen MR) is 84.0 cm³/mol. The summed E-state index contributed by atoms with van der Waals surface area (Å²) < 4.78 is 2.23. The average molecular weight is 372 g/mol. The first-order chi connectivity index (χ1) is 9.95. The monoisotopic (exact) mass is 371 g/mol. The number of rotatable bonds is 4. The Kier molecular flexibility index (Phi) is 4.73. The summed E-state index contributed by atoms with van der Waals surface area (Å²) in [7, 11) is 0. The third kappa shape index (κ3) is 3.13. The second-order valence-corrected chi connectivity index (χ2v) is 6.34.